The molecule has 8 aromatic carbocycles. The second kappa shape index (κ2) is 12.9. The van der Waals surface area contributed by atoms with Crippen LogP contribution in [0.3, 0.4) is 0 Å². The maximum absolute atomic E-state index is 2.50. The molecule has 0 aliphatic heterocycles. The van der Waals surface area contributed by atoms with E-state index in [4.69, 9.17) is 0 Å². The van der Waals surface area contributed by atoms with Crippen LogP contribution >= 0.6 is 0 Å². The largest absolute Gasteiger partial charge is 0.0683 e. The van der Waals surface area contributed by atoms with Gasteiger partial charge in [0.15, 0.2) is 0 Å². The van der Waals surface area contributed by atoms with E-state index in [1.165, 1.54) is 82.4 Å². The zero-order valence-electron chi connectivity index (χ0n) is 26.8. The van der Waals surface area contributed by atoms with Crippen molar-refractivity contribution in [3.8, 4) is 44.5 Å². The smallest absolute Gasteiger partial charge is 0.00238 e. The van der Waals surface area contributed by atoms with Gasteiger partial charge in [0, 0.05) is 0 Å². The first-order valence-electron chi connectivity index (χ1n) is 16.5. The second-order valence-corrected chi connectivity index (χ2v) is 11.5. The van der Waals surface area contributed by atoms with Crippen LogP contribution < -0.4 is 0 Å². The van der Waals surface area contributed by atoms with Crippen molar-refractivity contribution >= 4 is 32.3 Å². The first-order valence-corrected chi connectivity index (χ1v) is 16.5. The highest BCUT2D eigenvalue weighted by Crippen LogP contribution is 2.47. The Bertz CT molecular complexity index is 2280. The Morgan fingerprint density at radius 2 is 0.804 bits per heavy atom. The van der Waals surface area contributed by atoms with Crippen LogP contribution in [-0.4, -0.2) is 0 Å². The van der Waals surface area contributed by atoms with Crippen molar-refractivity contribution in [2.24, 2.45) is 0 Å². The van der Waals surface area contributed by atoms with Crippen LogP contribution in [0.15, 0.2) is 164 Å². The predicted octanol–water partition coefficient (Wildman–Crippen LogP) is 13.4. The Morgan fingerprint density at radius 1 is 0.348 bits per heavy atom. The molecule has 0 N–H and O–H groups in total. The van der Waals surface area contributed by atoms with Gasteiger partial charge in [0.2, 0.25) is 0 Å². The molecule has 0 heteroatoms. The lowest BCUT2D eigenvalue weighted by Gasteiger charge is -2.22. The molecule has 0 aromatic heterocycles. The topological polar surface area (TPSA) is 0 Å². The molecule has 46 heavy (non-hydrogen) atoms. The molecule has 8 rings (SSSR count). The summed E-state index contributed by atoms with van der Waals surface area (Å²) in [5, 5.41) is 7.70. The van der Waals surface area contributed by atoms with Gasteiger partial charge in [-0.25, -0.2) is 0 Å². The van der Waals surface area contributed by atoms with Gasteiger partial charge < -0.3 is 0 Å². The molecule has 0 fully saturated rings. The Labute approximate surface area is 272 Å². The molecule has 8 aromatic rings. The number of fused-ring (bicyclic) bond motifs is 3. The van der Waals surface area contributed by atoms with E-state index in [-0.39, 0.29) is 0 Å². The summed E-state index contributed by atoms with van der Waals surface area (Å²) < 4.78 is 0. The fourth-order valence-corrected chi connectivity index (χ4v) is 7.04. The number of hydrogen-bond acceptors (Lipinski definition) is 0. The van der Waals surface area contributed by atoms with E-state index >= 15 is 0 Å². The molecule has 0 aliphatic rings. The molecule has 0 saturated carbocycles. The minimum absolute atomic E-state index is 0.935. The summed E-state index contributed by atoms with van der Waals surface area (Å²) in [5.41, 5.74) is 11.6. The van der Waals surface area contributed by atoms with Crippen LogP contribution in [0.1, 0.15) is 26.3 Å². The normalized spacial score (nSPS) is 11.0. The lowest BCUT2D eigenvalue weighted by Crippen LogP contribution is -1.97. The molecule has 0 bridgehead atoms. The number of benzene rings is 8. The van der Waals surface area contributed by atoms with Gasteiger partial charge in [0.1, 0.15) is 0 Å². The van der Waals surface area contributed by atoms with Crippen molar-refractivity contribution < 1.29 is 0 Å². The summed E-state index contributed by atoms with van der Waals surface area (Å²) in [4.78, 5) is 0. The lowest BCUT2D eigenvalue weighted by atomic mass is 9.81. The van der Waals surface area contributed by atoms with Crippen molar-refractivity contribution in [3.63, 3.8) is 0 Å². The van der Waals surface area contributed by atoms with Crippen LogP contribution in [0.25, 0.3) is 76.8 Å². The van der Waals surface area contributed by atoms with Crippen molar-refractivity contribution in [2.45, 2.75) is 27.2 Å². The Balaban J connectivity index is 0.00000166. The van der Waals surface area contributed by atoms with Crippen molar-refractivity contribution in [1.82, 2.24) is 0 Å². The van der Waals surface area contributed by atoms with E-state index in [1.54, 1.807) is 0 Å². The minimum atomic E-state index is 0.935. The van der Waals surface area contributed by atoms with Crippen molar-refractivity contribution in [1.29, 1.82) is 0 Å². The fourth-order valence-electron chi connectivity index (χ4n) is 7.04. The van der Waals surface area contributed by atoms with E-state index in [0.717, 1.165) is 6.42 Å². The van der Waals surface area contributed by atoms with E-state index in [1.807, 2.05) is 13.8 Å². The van der Waals surface area contributed by atoms with Gasteiger partial charge >= 0.3 is 0 Å². The lowest BCUT2D eigenvalue weighted by molar-refractivity contribution is 1.15. The maximum Gasteiger partial charge on any atom is -0.00238 e. The van der Waals surface area contributed by atoms with Crippen LogP contribution in [0.2, 0.25) is 0 Å². The van der Waals surface area contributed by atoms with Gasteiger partial charge in [-0.3, -0.25) is 0 Å². The van der Waals surface area contributed by atoms with Crippen LogP contribution in [-0.2, 0) is 6.42 Å². The third-order valence-electron chi connectivity index (χ3n) is 9.04. The summed E-state index contributed by atoms with van der Waals surface area (Å²) in [6, 6.07) is 60.0. The van der Waals surface area contributed by atoms with Gasteiger partial charge in [-0.15, -0.1) is 0 Å². The monoisotopic (exact) mass is 590 g/mol. The molecule has 0 heterocycles. The third kappa shape index (κ3) is 5.07. The molecule has 0 unspecified atom stereocenters. The summed E-state index contributed by atoms with van der Waals surface area (Å²) in [5.74, 6) is 0. The minimum Gasteiger partial charge on any atom is -0.0683 e. The van der Waals surface area contributed by atoms with Gasteiger partial charge in [-0.05, 0) is 101 Å². The van der Waals surface area contributed by atoms with Crippen molar-refractivity contribution in [2.75, 3.05) is 0 Å². The molecule has 0 amide bonds. The quantitative estimate of drug-likeness (QED) is 0.175. The van der Waals surface area contributed by atoms with E-state index in [9.17, 15) is 0 Å². The molecule has 0 nitrogen and oxygen atoms in total. The van der Waals surface area contributed by atoms with Crippen LogP contribution in [0.5, 0.6) is 0 Å². The van der Waals surface area contributed by atoms with Crippen LogP contribution in [0, 0.1) is 0 Å². The highest BCUT2D eigenvalue weighted by molar-refractivity contribution is 6.22. The molecular formula is C46H38. The zero-order chi connectivity index (χ0) is 31.5. The number of aryl methyl sites for hydroxylation is 1. The molecular weight excluding hydrogens is 553 g/mol. The average Bonchev–Trinajstić information content (AvgIpc) is 3.14. The maximum atomic E-state index is 2.50. The van der Waals surface area contributed by atoms with Crippen LogP contribution in [0.4, 0.5) is 0 Å². The standard InChI is InChI=1S/C44H32.C2H6/c1-2-30-28-40-41(29-39(30)44-35-23-13-12-18-32(35)26-27-36(44)31-16-6-3-7-17-31)43(34-21-10-5-11-22-34)38-25-15-14-24-37(38)42(40)33-19-8-4-9-20-33;1-2/h3-29H,2H2,1H3;1-2H3. The van der Waals surface area contributed by atoms with E-state index < -0.39 is 0 Å². The first kappa shape index (κ1) is 29.3. The van der Waals surface area contributed by atoms with Gasteiger partial charge in [0.25, 0.3) is 0 Å². The van der Waals surface area contributed by atoms with Gasteiger partial charge in [-0.1, -0.05) is 172 Å². The molecule has 0 aliphatic carbocycles. The highest BCUT2D eigenvalue weighted by Gasteiger charge is 2.21. The molecule has 0 saturated heterocycles. The molecule has 0 atom stereocenters. The molecule has 0 radical (unpaired) electrons. The number of rotatable bonds is 5. The SMILES string of the molecule is CC.CCc1cc2c(-c3ccccc3)c3ccccc3c(-c3ccccc3)c2cc1-c1c(-c2ccccc2)ccc2ccccc12. The molecule has 222 valence electrons. The van der Waals surface area contributed by atoms with E-state index in [2.05, 4.69) is 171 Å². The van der Waals surface area contributed by atoms with Gasteiger partial charge in [-0.2, -0.15) is 0 Å². The predicted molar refractivity (Wildman–Crippen MR) is 201 cm³/mol. The van der Waals surface area contributed by atoms with E-state index in [0.29, 0.717) is 0 Å². The molecule has 0 spiro atoms. The average molecular weight is 591 g/mol. The zero-order valence-corrected chi connectivity index (χ0v) is 26.8. The fraction of sp³-hybridized carbons (Fsp3) is 0.0870. The highest BCUT2D eigenvalue weighted by atomic mass is 14.2. The summed E-state index contributed by atoms with van der Waals surface area (Å²) in [6.07, 6.45) is 0.935. The summed E-state index contributed by atoms with van der Waals surface area (Å²) in [7, 11) is 0. The summed E-state index contributed by atoms with van der Waals surface area (Å²) in [6.45, 7) is 6.29. The number of hydrogen-bond donors (Lipinski definition) is 0. The van der Waals surface area contributed by atoms with Crippen molar-refractivity contribution in [3.05, 3.63) is 169 Å². The third-order valence-corrected chi connectivity index (χ3v) is 9.04. The Morgan fingerprint density at radius 3 is 1.35 bits per heavy atom. The Kier molecular flexibility index (Phi) is 8.19. The Hall–Kier alpha value is -5.46. The summed E-state index contributed by atoms with van der Waals surface area (Å²) >= 11 is 0. The second-order valence-electron chi connectivity index (χ2n) is 11.5. The first-order chi connectivity index (χ1) is 22.8. The van der Waals surface area contributed by atoms with Gasteiger partial charge in [0.05, 0.1) is 0 Å².